The number of carbonyl (C=O) groups is 1. The average molecular weight is 448 g/mol. The van der Waals surface area contributed by atoms with Crippen LogP contribution >= 0.6 is 0 Å². The Morgan fingerprint density at radius 2 is 1.91 bits per heavy atom. The molecule has 0 amide bonds. The lowest BCUT2D eigenvalue weighted by atomic mass is 9.78. The van der Waals surface area contributed by atoms with Crippen molar-refractivity contribution in [2.75, 3.05) is 13.7 Å². The summed E-state index contributed by atoms with van der Waals surface area (Å²) in [5, 5.41) is 0.928. The molecular weight excluding hydrogens is 421 g/mol. The number of ether oxygens (including phenoxy) is 2. The van der Waals surface area contributed by atoms with Crippen molar-refractivity contribution in [3.63, 3.8) is 0 Å². The monoisotopic (exact) mass is 447 g/mol. The molecule has 2 aromatic carbocycles. The molecule has 0 radical (unpaired) electrons. The molecule has 0 unspecified atom stereocenters. The van der Waals surface area contributed by atoms with E-state index in [4.69, 9.17) is 9.47 Å². The van der Waals surface area contributed by atoms with Crippen molar-refractivity contribution >= 4 is 27.9 Å². The third kappa shape index (κ3) is 4.59. The van der Waals surface area contributed by atoms with Crippen molar-refractivity contribution in [3.8, 4) is 0 Å². The molecule has 170 valence electrons. The zero-order valence-electron chi connectivity index (χ0n) is 18.5. The summed E-state index contributed by atoms with van der Waals surface area (Å²) in [6, 6.07) is 12.1. The number of esters is 1. The van der Waals surface area contributed by atoms with E-state index in [0.717, 1.165) is 53.4 Å². The van der Waals surface area contributed by atoms with E-state index in [1.165, 1.54) is 18.7 Å². The molecule has 1 aliphatic rings. The second kappa shape index (κ2) is 9.27. The van der Waals surface area contributed by atoms with Gasteiger partial charge in [0.1, 0.15) is 18.2 Å². The van der Waals surface area contributed by atoms with Crippen molar-refractivity contribution in [2.45, 2.75) is 38.2 Å². The summed E-state index contributed by atoms with van der Waals surface area (Å²) in [7, 11) is 1.37. The van der Waals surface area contributed by atoms with Crippen LogP contribution in [0.3, 0.4) is 0 Å². The quantitative estimate of drug-likeness (QED) is 0.394. The molecule has 0 atom stereocenters. The standard InChI is InChI=1S/C26H26FN3O3/c1-32-26(31)18-6-8-23-24(12-18)30-25(29-23)15-33-14-16-2-4-17(5-3-16)20-10-11-28-22-9-7-19(27)13-21(20)22/h6-13,16-17H,2-5,14-15H2,1H3,(H,29,30). The van der Waals surface area contributed by atoms with Gasteiger partial charge in [-0.05, 0) is 85.5 Å². The Morgan fingerprint density at radius 3 is 2.73 bits per heavy atom. The van der Waals surface area contributed by atoms with Gasteiger partial charge in [-0.2, -0.15) is 0 Å². The first kappa shape index (κ1) is 21.5. The van der Waals surface area contributed by atoms with E-state index in [1.807, 2.05) is 12.3 Å². The number of imidazole rings is 1. The molecule has 5 rings (SSSR count). The van der Waals surface area contributed by atoms with Gasteiger partial charge in [-0.1, -0.05) is 0 Å². The highest BCUT2D eigenvalue weighted by molar-refractivity contribution is 5.93. The van der Waals surface area contributed by atoms with Crippen molar-refractivity contribution in [1.82, 2.24) is 15.0 Å². The van der Waals surface area contributed by atoms with Gasteiger partial charge in [-0.3, -0.25) is 4.98 Å². The third-order valence-electron chi connectivity index (χ3n) is 6.57. The Balaban J connectivity index is 1.16. The highest BCUT2D eigenvalue weighted by Gasteiger charge is 2.24. The number of nitrogens with one attached hydrogen (secondary N) is 1. The Labute approximate surface area is 191 Å². The number of methoxy groups -OCH3 is 1. The molecule has 2 heterocycles. The van der Waals surface area contributed by atoms with E-state index in [9.17, 15) is 9.18 Å². The smallest absolute Gasteiger partial charge is 0.337 e. The van der Waals surface area contributed by atoms with Crippen LogP contribution in [0.5, 0.6) is 0 Å². The first-order valence-electron chi connectivity index (χ1n) is 11.3. The van der Waals surface area contributed by atoms with Gasteiger partial charge in [0.15, 0.2) is 0 Å². The molecule has 1 saturated carbocycles. The lowest BCUT2D eigenvalue weighted by Crippen LogP contribution is -2.18. The minimum absolute atomic E-state index is 0.217. The van der Waals surface area contributed by atoms with Gasteiger partial charge in [-0.15, -0.1) is 0 Å². The third-order valence-corrected chi connectivity index (χ3v) is 6.57. The van der Waals surface area contributed by atoms with Crippen LogP contribution in [-0.4, -0.2) is 34.6 Å². The summed E-state index contributed by atoms with van der Waals surface area (Å²) in [4.78, 5) is 23.8. The SMILES string of the molecule is COC(=O)c1ccc2nc(COCC3CCC(c4ccnc5ccc(F)cc45)CC3)[nH]c2c1. The van der Waals surface area contributed by atoms with E-state index >= 15 is 0 Å². The number of hydrogen-bond acceptors (Lipinski definition) is 5. The second-order valence-corrected chi connectivity index (χ2v) is 8.70. The Hall–Kier alpha value is -3.32. The number of aromatic amines is 1. The molecule has 0 saturated heterocycles. The van der Waals surface area contributed by atoms with Crippen LogP contribution in [0, 0.1) is 11.7 Å². The summed E-state index contributed by atoms with van der Waals surface area (Å²) >= 11 is 0. The fraction of sp³-hybridized carbons (Fsp3) is 0.346. The van der Waals surface area contributed by atoms with Crippen LogP contribution in [0.4, 0.5) is 4.39 Å². The molecule has 6 nitrogen and oxygen atoms in total. The second-order valence-electron chi connectivity index (χ2n) is 8.70. The molecule has 0 spiro atoms. The maximum Gasteiger partial charge on any atom is 0.337 e. The molecule has 33 heavy (non-hydrogen) atoms. The Bertz CT molecular complexity index is 1290. The molecule has 0 bridgehead atoms. The maximum atomic E-state index is 13.8. The van der Waals surface area contributed by atoms with Gasteiger partial charge in [0, 0.05) is 18.2 Å². The number of H-pyrrole nitrogens is 1. The fourth-order valence-corrected chi connectivity index (χ4v) is 4.83. The number of hydrogen-bond donors (Lipinski definition) is 1. The van der Waals surface area contributed by atoms with E-state index < -0.39 is 0 Å². The summed E-state index contributed by atoms with van der Waals surface area (Å²) < 4.78 is 24.5. The summed E-state index contributed by atoms with van der Waals surface area (Å²) in [6.45, 7) is 1.08. The summed E-state index contributed by atoms with van der Waals surface area (Å²) in [5.41, 5.74) is 4.12. The normalized spacial score (nSPS) is 18.6. The topological polar surface area (TPSA) is 77.1 Å². The number of pyridine rings is 1. The van der Waals surface area contributed by atoms with Crippen LogP contribution in [0.1, 0.15) is 53.3 Å². The zero-order chi connectivity index (χ0) is 22.8. The lowest BCUT2D eigenvalue weighted by molar-refractivity contribution is 0.0601. The van der Waals surface area contributed by atoms with E-state index in [2.05, 4.69) is 15.0 Å². The lowest BCUT2D eigenvalue weighted by Gasteiger charge is -2.29. The number of fused-ring (bicyclic) bond motifs is 2. The summed E-state index contributed by atoms with van der Waals surface area (Å²) in [6.07, 6.45) is 6.10. The van der Waals surface area contributed by atoms with Gasteiger partial charge in [0.25, 0.3) is 0 Å². The van der Waals surface area contributed by atoms with Gasteiger partial charge >= 0.3 is 5.97 Å². The fourth-order valence-electron chi connectivity index (χ4n) is 4.83. The predicted molar refractivity (Wildman–Crippen MR) is 123 cm³/mol. The molecule has 1 aliphatic carbocycles. The van der Waals surface area contributed by atoms with Crippen LogP contribution in [0.15, 0.2) is 48.7 Å². The zero-order valence-corrected chi connectivity index (χ0v) is 18.5. The van der Waals surface area contributed by atoms with Crippen LogP contribution in [0.25, 0.3) is 21.9 Å². The van der Waals surface area contributed by atoms with Gasteiger partial charge < -0.3 is 14.5 Å². The number of rotatable bonds is 6. The van der Waals surface area contributed by atoms with Crippen LogP contribution < -0.4 is 0 Å². The highest BCUT2D eigenvalue weighted by Crippen LogP contribution is 2.38. The molecule has 1 N–H and O–H groups in total. The molecular formula is C26H26FN3O3. The average Bonchev–Trinajstić information content (AvgIpc) is 3.25. The highest BCUT2D eigenvalue weighted by atomic mass is 19.1. The molecule has 2 aromatic heterocycles. The minimum atomic E-state index is -0.371. The van der Waals surface area contributed by atoms with Gasteiger partial charge in [0.2, 0.25) is 0 Å². The molecule has 1 fully saturated rings. The largest absolute Gasteiger partial charge is 0.465 e. The van der Waals surface area contributed by atoms with Crippen LogP contribution in [0.2, 0.25) is 0 Å². The van der Waals surface area contributed by atoms with E-state index in [0.29, 0.717) is 30.6 Å². The van der Waals surface area contributed by atoms with E-state index in [1.54, 1.807) is 30.3 Å². The van der Waals surface area contributed by atoms with Crippen molar-refractivity contribution in [2.24, 2.45) is 5.92 Å². The Morgan fingerprint density at radius 1 is 1.09 bits per heavy atom. The van der Waals surface area contributed by atoms with Crippen molar-refractivity contribution < 1.29 is 18.7 Å². The number of aromatic nitrogens is 3. The molecule has 0 aliphatic heterocycles. The van der Waals surface area contributed by atoms with E-state index in [-0.39, 0.29) is 11.8 Å². The van der Waals surface area contributed by atoms with Crippen LogP contribution in [-0.2, 0) is 16.1 Å². The predicted octanol–water partition coefficient (Wildman–Crippen LogP) is 5.53. The van der Waals surface area contributed by atoms with Gasteiger partial charge in [0.05, 0.1) is 29.2 Å². The Kier molecular flexibility index (Phi) is 6.05. The first-order valence-corrected chi connectivity index (χ1v) is 11.3. The number of benzene rings is 2. The van der Waals surface area contributed by atoms with Crippen molar-refractivity contribution in [1.29, 1.82) is 0 Å². The summed E-state index contributed by atoms with van der Waals surface area (Å²) in [5.74, 6) is 1.08. The number of halogens is 1. The maximum absolute atomic E-state index is 13.8. The first-order chi connectivity index (χ1) is 16.1. The number of nitrogens with zero attached hydrogens (tertiary/aromatic N) is 2. The van der Waals surface area contributed by atoms with Gasteiger partial charge in [-0.25, -0.2) is 14.2 Å². The molecule has 7 heteroatoms. The van der Waals surface area contributed by atoms with Crippen molar-refractivity contribution in [3.05, 3.63) is 71.4 Å². The minimum Gasteiger partial charge on any atom is -0.465 e. The number of carbonyl (C=O) groups excluding carboxylic acids is 1. The molecule has 4 aromatic rings.